The molecule has 7 nitrogen and oxygen atoms in total. The molecule has 0 amide bonds. The second kappa shape index (κ2) is 8.92. The van der Waals surface area contributed by atoms with Gasteiger partial charge in [-0.15, -0.1) is 0 Å². The Hall–Kier alpha value is -3.79. The van der Waals surface area contributed by atoms with Crippen LogP contribution in [0.15, 0.2) is 42.0 Å². The number of carboxylic acids is 1. The number of methoxy groups -OCH3 is 1. The van der Waals surface area contributed by atoms with Crippen LogP contribution in [0.5, 0.6) is 17.2 Å². The van der Waals surface area contributed by atoms with Crippen molar-refractivity contribution in [3.05, 3.63) is 58.7 Å². The number of carbonyl (C=O) groups excluding carboxylic acids is 1. The molecule has 1 aliphatic rings. The van der Waals surface area contributed by atoms with Gasteiger partial charge < -0.3 is 19.3 Å². The Bertz CT molecular complexity index is 1090. The van der Waals surface area contributed by atoms with E-state index in [4.69, 9.17) is 19.5 Å². The van der Waals surface area contributed by atoms with E-state index < -0.39 is 11.6 Å². The number of aliphatic carboxylic acids is 1. The number of hydrogen-bond acceptors (Lipinski definition) is 6. The van der Waals surface area contributed by atoms with Gasteiger partial charge in [-0.2, -0.15) is 5.26 Å². The molecule has 0 fully saturated rings. The number of nitriles is 1. The minimum atomic E-state index is -1.36. The Morgan fingerprint density at radius 2 is 1.97 bits per heavy atom. The molecule has 31 heavy (non-hydrogen) atoms. The van der Waals surface area contributed by atoms with Crippen molar-refractivity contribution in [1.29, 1.82) is 5.26 Å². The van der Waals surface area contributed by atoms with Gasteiger partial charge in [-0.05, 0) is 74.2 Å². The van der Waals surface area contributed by atoms with Crippen LogP contribution in [0.2, 0.25) is 0 Å². The van der Waals surface area contributed by atoms with Gasteiger partial charge in [-0.25, -0.2) is 4.79 Å². The van der Waals surface area contributed by atoms with E-state index in [-0.39, 0.29) is 12.4 Å². The smallest absolute Gasteiger partial charge is 0.347 e. The highest BCUT2D eigenvalue weighted by molar-refractivity contribution is 6.13. The number of Topliss-reactive ketones (excluding diaryl/α,β-unsaturated/α-hetero) is 1. The molecule has 2 aromatic carbocycles. The van der Waals surface area contributed by atoms with E-state index in [1.165, 1.54) is 21.0 Å². The Morgan fingerprint density at radius 1 is 1.19 bits per heavy atom. The van der Waals surface area contributed by atoms with Crippen molar-refractivity contribution in [3.63, 3.8) is 0 Å². The summed E-state index contributed by atoms with van der Waals surface area (Å²) in [4.78, 5) is 24.3. The van der Waals surface area contributed by atoms with Gasteiger partial charge >= 0.3 is 5.97 Å². The molecule has 0 heterocycles. The number of benzene rings is 2. The van der Waals surface area contributed by atoms with E-state index in [0.717, 1.165) is 11.1 Å². The molecule has 0 aromatic heterocycles. The largest absolute Gasteiger partial charge is 0.493 e. The fraction of sp³-hybridized carbons (Fsp3) is 0.292. The van der Waals surface area contributed by atoms with Crippen molar-refractivity contribution >= 4 is 17.8 Å². The first kappa shape index (κ1) is 21.9. The summed E-state index contributed by atoms with van der Waals surface area (Å²) < 4.78 is 16.2. The summed E-state index contributed by atoms with van der Waals surface area (Å²) in [6.07, 6.45) is 3.00. The van der Waals surface area contributed by atoms with Crippen molar-refractivity contribution in [2.24, 2.45) is 0 Å². The number of ether oxygens (including phenoxy) is 3. The normalized spacial score (nSPS) is 14.5. The van der Waals surface area contributed by atoms with Crippen LogP contribution in [0.4, 0.5) is 0 Å². The van der Waals surface area contributed by atoms with Crippen molar-refractivity contribution in [2.75, 3.05) is 13.7 Å². The molecule has 0 bridgehead atoms. The highest BCUT2D eigenvalue weighted by Gasteiger charge is 2.30. The average Bonchev–Trinajstić information content (AvgIpc) is 2.74. The van der Waals surface area contributed by atoms with E-state index in [2.05, 4.69) is 0 Å². The number of rotatable bonds is 7. The second-order valence-corrected chi connectivity index (χ2v) is 7.59. The van der Waals surface area contributed by atoms with Gasteiger partial charge in [-0.3, -0.25) is 4.79 Å². The topological polar surface area (TPSA) is 106 Å². The SMILES string of the molecule is COc1cc(C=C2CCc3cc(OC(C)(C)C(=O)O)ccc3C2=O)ccc1OCC#N. The summed E-state index contributed by atoms with van der Waals surface area (Å²) in [5.41, 5.74) is 1.51. The number of hydrogen-bond donors (Lipinski definition) is 1. The lowest BCUT2D eigenvalue weighted by Crippen LogP contribution is -2.37. The second-order valence-electron chi connectivity index (χ2n) is 7.59. The van der Waals surface area contributed by atoms with E-state index in [1.807, 2.05) is 12.1 Å². The van der Waals surface area contributed by atoms with E-state index >= 15 is 0 Å². The lowest BCUT2D eigenvalue weighted by Gasteiger charge is -2.24. The quantitative estimate of drug-likeness (QED) is 0.672. The molecule has 0 spiro atoms. The van der Waals surface area contributed by atoms with Gasteiger partial charge in [0.25, 0.3) is 0 Å². The maximum atomic E-state index is 13.0. The molecule has 0 atom stereocenters. The minimum Gasteiger partial charge on any atom is -0.493 e. The molecule has 160 valence electrons. The fourth-order valence-electron chi connectivity index (χ4n) is 3.30. The van der Waals surface area contributed by atoms with Crippen LogP contribution in [-0.4, -0.2) is 36.2 Å². The first-order chi connectivity index (χ1) is 14.7. The number of allylic oxidation sites excluding steroid dienone is 1. The number of aryl methyl sites for hydroxylation is 1. The third kappa shape index (κ3) is 4.86. The molecular weight excluding hydrogens is 398 g/mol. The van der Waals surface area contributed by atoms with Crippen LogP contribution in [-0.2, 0) is 11.2 Å². The predicted octanol–water partition coefficient (Wildman–Crippen LogP) is 4.05. The Balaban J connectivity index is 1.83. The van der Waals surface area contributed by atoms with Crippen molar-refractivity contribution in [2.45, 2.75) is 32.3 Å². The van der Waals surface area contributed by atoms with Crippen LogP contribution in [0, 0.1) is 11.3 Å². The summed E-state index contributed by atoms with van der Waals surface area (Å²) in [6, 6.07) is 12.2. The van der Waals surface area contributed by atoms with E-state index in [1.54, 1.807) is 36.4 Å². The Labute approximate surface area is 180 Å². The van der Waals surface area contributed by atoms with Crippen LogP contribution >= 0.6 is 0 Å². The Kier molecular flexibility index (Phi) is 6.30. The molecule has 0 saturated carbocycles. The van der Waals surface area contributed by atoms with E-state index in [0.29, 0.717) is 41.2 Å². The maximum absolute atomic E-state index is 13.0. The van der Waals surface area contributed by atoms with Crippen molar-refractivity contribution in [1.82, 2.24) is 0 Å². The first-order valence-corrected chi connectivity index (χ1v) is 9.73. The van der Waals surface area contributed by atoms with Gasteiger partial charge in [0, 0.05) is 11.1 Å². The molecule has 0 saturated heterocycles. The summed E-state index contributed by atoms with van der Waals surface area (Å²) in [5, 5.41) is 17.9. The maximum Gasteiger partial charge on any atom is 0.347 e. The molecule has 3 rings (SSSR count). The molecule has 2 aromatic rings. The summed E-state index contributed by atoms with van der Waals surface area (Å²) in [7, 11) is 1.51. The van der Waals surface area contributed by atoms with Gasteiger partial charge in [0.05, 0.1) is 7.11 Å². The van der Waals surface area contributed by atoms with Crippen LogP contribution < -0.4 is 14.2 Å². The van der Waals surface area contributed by atoms with Crippen LogP contribution in [0.1, 0.15) is 41.8 Å². The predicted molar refractivity (Wildman–Crippen MR) is 114 cm³/mol. The van der Waals surface area contributed by atoms with Gasteiger partial charge in [0.15, 0.2) is 29.5 Å². The molecule has 0 aliphatic heterocycles. The number of carbonyl (C=O) groups is 2. The average molecular weight is 421 g/mol. The lowest BCUT2D eigenvalue weighted by atomic mass is 9.86. The molecular formula is C24H23NO6. The van der Waals surface area contributed by atoms with Crippen molar-refractivity contribution < 1.29 is 28.9 Å². The van der Waals surface area contributed by atoms with Gasteiger partial charge in [-0.1, -0.05) is 6.07 Å². The number of ketones is 1. The fourth-order valence-corrected chi connectivity index (χ4v) is 3.30. The summed E-state index contributed by atoms with van der Waals surface area (Å²) >= 11 is 0. The van der Waals surface area contributed by atoms with Crippen LogP contribution in [0.3, 0.4) is 0 Å². The minimum absolute atomic E-state index is 0.0749. The Morgan fingerprint density at radius 3 is 2.65 bits per heavy atom. The number of fused-ring (bicyclic) bond motifs is 1. The highest BCUT2D eigenvalue weighted by atomic mass is 16.5. The number of nitrogens with zero attached hydrogens (tertiary/aromatic N) is 1. The van der Waals surface area contributed by atoms with Gasteiger partial charge in [0.2, 0.25) is 0 Å². The summed E-state index contributed by atoms with van der Waals surface area (Å²) in [5.74, 6) is 0.226. The lowest BCUT2D eigenvalue weighted by molar-refractivity contribution is -0.152. The zero-order valence-electron chi connectivity index (χ0n) is 17.6. The monoisotopic (exact) mass is 421 g/mol. The third-order valence-corrected chi connectivity index (χ3v) is 4.99. The molecule has 0 radical (unpaired) electrons. The van der Waals surface area contributed by atoms with Crippen molar-refractivity contribution in [3.8, 4) is 23.3 Å². The highest BCUT2D eigenvalue weighted by Crippen LogP contribution is 2.33. The molecule has 1 N–H and O–H groups in total. The standard InChI is InChI=1S/C24H23NO6/c1-24(2,23(27)28)31-18-7-8-19-16(14-18)5-6-17(22(19)26)12-15-4-9-20(30-11-10-25)21(13-15)29-3/h4,7-9,12-14H,5-6,11H2,1-3H3,(H,27,28). The molecule has 1 aliphatic carbocycles. The zero-order valence-corrected chi connectivity index (χ0v) is 17.6. The van der Waals surface area contributed by atoms with Gasteiger partial charge in [0.1, 0.15) is 11.8 Å². The molecule has 7 heteroatoms. The van der Waals surface area contributed by atoms with Crippen LogP contribution in [0.25, 0.3) is 6.08 Å². The first-order valence-electron chi connectivity index (χ1n) is 9.73. The van der Waals surface area contributed by atoms with E-state index in [9.17, 15) is 14.7 Å². The molecule has 0 unspecified atom stereocenters. The summed E-state index contributed by atoms with van der Waals surface area (Å²) in [6.45, 7) is 2.87. The third-order valence-electron chi connectivity index (χ3n) is 4.99. The number of carboxylic acid groups (broad SMARTS) is 1. The zero-order chi connectivity index (χ0) is 22.6.